The molecule has 13 heavy (non-hydrogen) atoms. The van der Waals surface area contributed by atoms with Crippen LogP contribution in [-0.2, 0) is 4.79 Å². The molecule has 0 radical (unpaired) electrons. The fraction of sp³-hybridized carbons (Fsp3) is 0.909. The predicted octanol–water partition coefficient (Wildman–Crippen LogP) is 2.09. The lowest BCUT2D eigenvalue weighted by molar-refractivity contribution is -0.117. The van der Waals surface area contributed by atoms with Gasteiger partial charge in [0.15, 0.2) is 0 Å². The van der Waals surface area contributed by atoms with Crippen molar-refractivity contribution in [2.24, 2.45) is 5.41 Å². The summed E-state index contributed by atoms with van der Waals surface area (Å²) in [6, 6.07) is 0.506. The Hall–Kier alpha value is -0.370. The Morgan fingerprint density at radius 1 is 1.46 bits per heavy atom. The van der Waals surface area contributed by atoms with Gasteiger partial charge in [0.2, 0.25) is 0 Å². The van der Waals surface area contributed by atoms with Gasteiger partial charge in [0.05, 0.1) is 0 Å². The van der Waals surface area contributed by atoms with E-state index in [0.29, 0.717) is 17.2 Å². The van der Waals surface area contributed by atoms with Crippen LogP contribution in [-0.4, -0.2) is 30.3 Å². The topological polar surface area (TPSA) is 20.3 Å². The molecule has 1 atom stereocenters. The summed E-state index contributed by atoms with van der Waals surface area (Å²) in [4.78, 5) is 13.4. The molecule has 1 rings (SSSR count). The van der Waals surface area contributed by atoms with Crippen molar-refractivity contribution in [3.05, 3.63) is 0 Å². The highest BCUT2D eigenvalue weighted by molar-refractivity contribution is 5.81. The third-order valence-corrected chi connectivity index (χ3v) is 2.57. The van der Waals surface area contributed by atoms with Gasteiger partial charge in [0.25, 0.3) is 0 Å². The first-order chi connectivity index (χ1) is 5.88. The molecule has 2 nitrogen and oxygen atoms in total. The molecule has 0 aromatic carbocycles. The highest BCUT2D eigenvalue weighted by Gasteiger charge is 2.27. The molecule has 1 fully saturated rings. The molecule has 1 saturated carbocycles. The zero-order valence-electron chi connectivity index (χ0n) is 9.26. The lowest BCUT2D eigenvalue weighted by Crippen LogP contribution is -2.36. The molecule has 1 unspecified atom stereocenters. The number of carbonyl (C=O) groups excluding carboxylic acids is 1. The molecular weight excluding hydrogens is 162 g/mol. The summed E-state index contributed by atoms with van der Waals surface area (Å²) in [5.74, 6) is 0.436. The van der Waals surface area contributed by atoms with Crippen LogP contribution in [0, 0.1) is 5.41 Å². The molecular formula is C11H21NO. The molecule has 0 aromatic heterocycles. The molecule has 0 spiro atoms. The number of nitrogens with zero attached hydrogens (tertiary/aromatic N) is 1. The van der Waals surface area contributed by atoms with Crippen LogP contribution < -0.4 is 0 Å². The second kappa shape index (κ2) is 3.79. The molecule has 0 aromatic rings. The van der Waals surface area contributed by atoms with E-state index in [9.17, 15) is 4.79 Å². The lowest BCUT2D eigenvalue weighted by Gasteiger charge is -2.30. The van der Waals surface area contributed by atoms with Gasteiger partial charge in [-0.05, 0) is 18.9 Å². The van der Waals surface area contributed by atoms with Crippen molar-refractivity contribution in [2.75, 3.05) is 13.6 Å². The molecule has 1 aliphatic rings. The normalized spacial score (nSPS) is 24.4. The van der Waals surface area contributed by atoms with Crippen molar-refractivity contribution < 1.29 is 4.79 Å². The zero-order valence-corrected chi connectivity index (χ0v) is 9.26. The monoisotopic (exact) mass is 183 g/mol. The van der Waals surface area contributed by atoms with Gasteiger partial charge in [-0.15, -0.1) is 0 Å². The van der Waals surface area contributed by atoms with Gasteiger partial charge in [0.1, 0.15) is 5.78 Å². The number of hydrogen-bond donors (Lipinski definition) is 0. The van der Waals surface area contributed by atoms with Crippen LogP contribution in [0.2, 0.25) is 0 Å². The molecule has 0 N–H and O–H groups in total. The van der Waals surface area contributed by atoms with Crippen LogP contribution in [0.1, 0.15) is 40.0 Å². The summed E-state index contributed by atoms with van der Waals surface area (Å²) in [7, 11) is 2.13. The lowest BCUT2D eigenvalue weighted by atomic mass is 9.95. The Balaban J connectivity index is 2.40. The van der Waals surface area contributed by atoms with Gasteiger partial charge in [-0.3, -0.25) is 4.79 Å². The largest absolute Gasteiger partial charge is 0.302 e. The van der Waals surface area contributed by atoms with Crippen molar-refractivity contribution in [3.63, 3.8) is 0 Å². The van der Waals surface area contributed by atoms with E-state index in [4.69, 9.17) is 0 Å². The average molecular weight is 183 g/mol. The van der Waals surface area contributed by atoms with Crippen LogP contribution >= 0.6 is 0 Å². The quantitative estimate of drug-likeness (QED) is 0.653. The van der Waals surface area contributed by atoms with Crippen molar-refractivity contribution in [3.8, 4) is 0 Å². The van der Waals surface area contributed by atoms with Crippen LogP contribution in [0.3, 0.4) is 0 Å². The third-order valence-electron chi connectivity index (χ3n) is 2.57. The van der Waals surface area contributed by atoms with E-state index >= 15 is 0 Å². The number of ketones is 1. The van der Waals surface area contributed by atoms with E-state index in [1.165, 1.54) is 0 Å². The summed E-state index contributed by atoms with van der Waals surface area (Å²) in [6.07, 6.45) is 2.62. The summed E-state index contributed by atoms with van der Waals surface area (Å²) in [5.41, 5.74) is 0.334. The van der Waals surface area contributed by atoms with Gasteiger partial charge in [0, 0.05) is 25.4 Å². The van der Waals surface area contributed by atoms with Crippen molar-refractivity contribution >= 4 is 5.78 Å². The minimum atomic E-state index is 0.334. The van der Waals surface area contributed by atoms with Crippen LogP contribution in [0.25, 0.3) is 0 Å². The Bertz CT molecular complexity index is 193. The van der Waals surface area contributed by atoms with Gasteiger partial charge in [-0.25, -0.2) is 0 Å². The summed E-state index contributed by atoms with van der Waals surface area (Å²) < 4.78 is 0. The third kappa shape index (κ3) is 3.47. The molecule has 0 amide bonds. The van der Waals surface area contributed by atoms with Gasteiger partial charge < -0.3 is 4.90 Å². The maximum Gasteiger partial charge on any atom is 0.134 e. The SMILES string of the molecule is CN(CC(C)(C)C)C1CCC(=O)C1. The van der Waals surface area contributed by atoms with Gasteiger partial charge in [-0.2, -0.15) is 0 Å². The average Bonchev–Trinajstić information content (AvgIpc) is 2.31. The summed E-state index contributed by atoms with van der Waals surface area (Å²) in [6.45, 7) is 7.78. The maximum absolute atomic E-state index is 11.1. The zero-order chi connectivity index (χ0) is 10.1. The summed E-state index contributed by atoms with van der Waals surface area (Å²) >= 11 is 0. The van der Waals surface area contributed by atoms with Crippen molar-refractivity contribution in [1.29, 1.82) is 0 Å². The standard InChI is InChI=1S/C11H21NO/c1-11(2,3)8-12(4)9-5-6-10(13)7-9/h9H,5-8H2,1-4H3. The van der Waals surface area contributed by atoms with Crippen LogP contribution in [0.15, 0.2) is 0 Å². The fourth-order valence-corrected chi connectivity index (χ4v) is 2.05. The molecule has 1 aliphatic carbocycles. The number of carbonyl (C=O) groups is 1. The molecule has 0 bridgehead atoms. The first-order valence-corrected chi connectivity index (χ1v) is 5.10. The highest BCUT2D eigenvalue weighted by atomic mass is 16.1. The Kier molecular flexibility index (Phi) is 3.12. The number of hydrogen-bond acceptors (Lipinski definition) is 2. The van der Waals surface area contributed by atoms with Crippen molar-refractivity contribution in [1.82, 2.24) is 4.90 Å². The van der Waals surface area contributed by atoms with E-state index in [-0.39, 0.29) is 0 Å². The second-order valence-electron chi connectivity index (χ2n) is 5.41. The van der Waals surface area contributed by atoms with Crippen LogP contribution in [0.4, 0.5) is 0 Å². The second-order valence-corrected chi connectivity index (χ2v) is 5.41. The Labute approximate surface area is 81.3 Å². The molecule has 0 heterocycles. The Morgan fingerprint density at radius 2 is 2.08 bits per heavy atom. The summed E-state index contributed by atoms with van der Waals surface area (Å²) in [5, 5.41) is 0. The first kappa shape index (κ1) is 10.7. The number of rotatable bonds is 2. The smallest absolute Gasteiger partial charge is 0.134 e. The predicted molar refractivity (Wildman–Crippen MR) is 54.7 cm³/mol. The van der Waals surface area contributed by atoms with E-state index < -0.39 is 0 Å². The highest BCUT2D eigenvalue weighted by Crippen LogP contribution is 2.23. The van der Waals surface area contributed by atoms with E-state index in [1.807, 2.05) is 0 Å². The van der Waals surface area contributed by atoms with E-state index in [0.717, 1.165) is 25.8 Å². The van der Waals surface area contributed by atoms with Crippen molar-refractivity contribution in [2.45, 2.75) is 46.1 Å². The molecule has 2 heteroatoms. The van der Waals surface area contributed by atoms with E-state index in [1.54, 1.807) is 0 Å². The van der Waals surface area contributed by atoms with Crippen LogP contribution in [0.5, 0.6) is 0 Å². The minimum absolute atomic E-state index is 0.334. The number of Topliss-reactive ketones (excluding diaryl/α,β-unsaturated/α-hetero) is 1. The fourth-order valence-electron chi connectivity index (χ4n) is 2.05. The first-order valence-electron chi connectivity index (χ1n) is 5.10. The molecule has 0 aliphatic heterocycles. The van der Waals surface area contributed by atoms with E-state index in [2.05, 4.69) is 32.7 Å². The van der Waals surface area contributed by atoms with Gasteiger partial charge >= 0.3 is 0 Å². The molecule has 76 valence electrons. The maximum atomic E-state index is 11.1. The Morgan fingerprint density at radius 3 is 2.46 bits per heavy atom. The molecule has 0 saturated heterocycles. The minimum Gasteiger partial charge on any atom is -0.302 e. The van der Waals surface area contributed by atoms with Gasteiger partial charge in [-0.1, -0.05) is 20.8 Å².